The molecule has 2 aromatic rings. The molecule has 1 aliphatic rings. The molecule has 7 nitrogen and oxygen atoms in total. The summed E-state index contributed by atoms with van der Waals surface area (Å²) in [5.41, 5.74) is 2.01. The maximum atomic E-state index is 12.8. The first kappa shape index (κ1) is 22.7. The average Bonchev–Trinajstić information content (AvgIpc) is 3.13. The summed E-state index contributed by atoms with van der Waals surface area (Å²) in [5, 5.41) is 8.62. The van der Waals surface area contributed by atoms with Gasteiger partial charge in [-0.25, -0.2) is 9.48 Å². The van der Waals surface area contributed by atoms with Crippen molar-refractivity contribution in [3.8, 4) is 5.75 Å². The number of hydrogen-bond donors (Lipinski definition) is 1. The number of nitrogens with one attached hydrogen (secondary N) is 1. The zero-order chi connectivity index (χ0) is 21.7. The number of aromatic nitrogens is 3. The van der Waals surface area contributed by atoms with E-state index in [9.17, 15) is 4.79 Å². The number of ether oxygens (including phenoxy) is 2. The lowest BCUT2D eigenvalue weighted by Gasteiger charge is -2.29. The average molecular weight is 495 g/mol. The maximum Gasteiger partial charge on any atom is 0.338 e. The molecule has 1 aromatic carbocycles. The number of methoxy groups -OCH3 is 1. The molecule has 1 N–H and O–H groups in total. The van der Waals surface area contributed by atoms with Crippen molar-refractivity contribution in [2.45, 2.75) is 51.2 Å². The summed E-state index contributed by atoms with van der Waals surface area (Å²) in [6.45, 7) is 6.65. The number of esters is 1. The zero-order valence-electron chi connectivity index (χ0n) is 17.7. The topological polar surface area (TPSA) is 78.3 Å². The Bertz CT molecular complexity index is 944. The Morgan fingerprint density at radius 3 is 2.83 bits per heavy atom. The monoisotopic (exact) mass is 494 g/mol. The molecule has 0 fully saturated rings. The molecule has 3 rings (SSSR count). The Hall–Kier alpha value is -2.00. The summed E-state index contributed by atoms with van der Waals surface area (Å²) in [7, 11) is 1.39. The molecule has 2 heterocycles. The normalized spacial score (nSPS) is 15.6. The summed E-state index contributed by atoms with van der Waals surface area (Å²) in [6.07, 6.45) is 3.09. The van der Waals surface area contributed by atoms with Gasteiger partial charge in [0, 0.05) is 21.5 Å². The van der Waals surface area contributed by atoms with Crippen molar-refractivity contribution in [2.24, 2.45) is 0 Å². The van der Waals surface area contributed by atoms with Crippen molar-refractivity contribution in [3.63, 3.8) is 0 Å². The molecule has 0 bridgehead atoms. The van der Waals surface area contributed by atoms with Gasteiger partial charge in [0.15, 0.2) is 0 Å². The van der Waals surface area contributed by atoms with Crippen molar-refractivity contribution in [2.75, 3.05) is 24.8 Å². The van der Waals surface area contributed by atoms with E-state index in [1.165, 1.54) is 7.11 Å². The van der Waals surface area contributed by atoms with Gasteiger partial charge in [0.25, 0.3) is 0 Å². The van der Waals surface area contributed by atoms with Crippen LogP contribution in [0.4, 0.5) is 5.95 Å². The molecule has 1 atom stereocenters. The van der Waals surface area contributed by atoms with E-state index in [4.69, 9.17) is 14.6 Å². The molecule has 162 valence electrons. The lowest BCUT2D eigenvalue weighted by Crippen LogP contribution is -2.29. The van der Waals surface area contributed by atoms with Gasteiger partial charge in [-0.05, 0) is 38.0 Å². The largest absolute Gasteiger partial charge is 0.493 e. The third-order valence-corrected chi connectivity index (χ3v) is 6.11. The number of allylic oxidation sites excluding steroid dienone is 1. The summed E-state index contributed by atoms with van der Waals surface area (Å²) in [6, 6.07) is 5.30. The van der Waals surface area contributed by atoms with E-state index < -0.39 is 12.0 Å². The first-order chi connectivity index (χ1) is 14.5. The lowest BCUT2D eigenvalue weighted by atomic mass is 9.95. The SMILES string of the molecule is CCCCSc1nc2n(n1)C(c1cc(Br)ccc1OCCC)C(C(=O)OC)=C(C)N2. The van der Waals surface area contributed by atoms with Crippen LogP contribution in [0.25, 0.3) is 0 Å². The number of unbranched alkanes of at least 4 members (excludes halogenated alkanes) is 1. The van der Waals surface area contributed by atoms with Crippen LogP contribution in [-0.2, 0) is 9.53 Å². The summed E-state index contributed by atoms with van der Waals surface area (Å²) >= 11 is 5.17. The van der Waals surface area contributed by atoms with Gasteiger partial charge in [0.2, 0.25) is 11.1 Å². The van der Waals surface area contributed by atoms with Crippen LogP contribution < -0.4 is 10.1 Å². The number of carbonyl (C=O) groups is 1. The molecule has 9 heteroatoms. The van der Waals surface area contributed by atoms with E-state index in [0.29, 0.717) is 34.7 Å². The second-order valence-electron chi connectivity index (χ2n) is 6.95. The Morgan fingerprint density at radius 1 is 1.33 bits per heavy atom. The number of benzene rings is 1. The Labute approximate surface area is 189 Å². The third kappa shape index (κ3) is 4.83. The van der Waals surface area contributed by atoms with Crippen molar-refractivity contribution in [3.05, 3.63) is 39.5 Å². The third-order valence-electron chi connectivity index (χ3n) is 4.70. The van der Waals surface area contributed by atoms with Crippen molar-refractivity contribution < 1.29 is 14.3 Å². The Kier molecular flexibility index (Phi) is 7.82. The molecule has 0 radical (unpaired) electrons. The van der Waals surface area contributed by atoms with E-state index in [-0.39, 0.29) is 0 Å². The van der Waals surface area contributed by atoms with Gasteiger partial charge in [0.05, 0.1) is 19.3 Å². The quantitative estimate of drug-likeness (QED) is 0.292. The van der Waals surface area contributed by atoms with Gasteiger partial charge >= 0.3 is 5.97 Å². The molecule has 0 amide bonds. The molecule has 0 spiro atoms. The fourth-order valence-electron chi connectivity index (χ4n) is 3.24. The standard InChI is InChI=1S/C21H27BrN4O3S/c1-5-7-11-30-21-24-20-23-13(3)17(19(27)28-4)18(26(20)25-21)15-12-14(22)8-9-16(15)29-10-6-2/h8-9,12,18H,5-7,10-11H2,1-4H3,(H,23,24,25). The molecule has 1 unspecified atom stereocenters. The van der Waals surface area contributed by atoms with Crippen LogP contribution in [0.2, 0.25) is 0 Å². The van der Waals surface area contributed by atoms with E-state index >= 15 is 0 Å². The first-order valence-corrected chi connectivity index (χ1v) is 11.9. The fraction of sp³-hybridized carbons (Fsp3) is 0.476. The molecular formula is C21H27BrN4O3S. The van der Waals surface area contributed by atoms with Gasteiger partial charge in [-0.15, -0.1) is 5.10 Å². The van der Waals surface area contributed by atoms with E-state index in [1.54, 1.807) is 16.4 Å². The minimum Gasteiger partial charge on any atom is -0.493 e. The molecular weight excluding hydrogens is 468 g/mol. The smallest absolute Gasteiger partial charge is 0.338 e. The van der Waals surface area contributed by atoms with Crippen molar-refractivity contribution in [1.82, 2.24) is 14.8 Å². The highest BCUT2D eigenvalue weighted by Gasteiger charge is 2.36. The van der Waals surface area contributed by atoms with E-state index in [1.807, 2.05) is 25.1 Å². The van der Waals surface area contributed by atoms with Crippen LogP contribution in [-0.4, -0.2) is 40.2 Å². The van der Waals surface area contributed by atoms with Crippen LogP contribution in [0.1, 0.15) is 51.6 Å². The fourth-order valence-corrected chi connectivity index (χ4v) is 4.53. The van der Waals surface area contributed by atoms with Crippen LogP contribution in [0.5, 0.6) is 5.75 Å². The molecule has 30 heavy (non-hydrogen) atoms. The van der Waals surface area contributed by atoms with Gasteiger partial charge in [-0.1, -0.05) is 48.0 Å². The van der Waals surface area contributed by atoms with E-state index in [0.717, 1.165) is 35.1 Å². The highest BCUT2D eigenvalue weighted by molar-refractivity contribution is 9.10. The lowest BCUT2D eigenvalue weighted by molar-refractivity contribution is -0.136. The van der Waals surface area contributed by atoms with Crippen LogP contribution >= 0.6 is 27.7 Å². The number of hydrogen-bond acceptors (Lipinski definition) is 7. The number of fused-ring (bicyclic) bond motifs is 1. The molecule has 0 saturated heterocycles. The van der Waals surface area contributed by atoms with Gasteiger partial charge in [0.1, 0.15) is 11.8 Å². The molecule has 1 aliphatic heterocycles. The van der Waals surface area contributed by atoms with Gasteiger partial charge in [-0.2, -0.15) is 4.98 Å². The Balaban J connectivity index is 2.12. The zero-order valence-corrected chi connectivity index (χ0v) is 20.1. The molecule has 0 aliphatic carbocycles. The van der Waals surface area contributed by atoms with Crippen LogP contribution in [0, 0.1) is 0 Å². The number of carbonyl (C=O) groups excluding carboxylic acids is 1. The van der Waals surface area contributed by atoms with E-state index in [2.05, 4.69) is 40.1 Å². The number of rotatable bonds is 9. The number of thioether (sulfide) groups is 1. The highest BCUT2D eigenvalue weighted by Crippen LogP contribution is 2.41. The van der Waals surface area contributed by atoms with Crippen molar-refractivity contribution >= 4 is 39.6 Å². The molecule has 0 saturated carbocycles. The summed E-state index contributed by atoms with van der Waals surface area (Å²) in [4.78, 5) is 17.4. The second-order valence-corrected chi connectivity index (χ2v) is 8.93. The van der Waals surface area contributed by atoms with Crippen molar-refractivity contribution in [1.29, 1.82) is 0 Å². The predicted octanol–water partition coefficient (Wildman–Crippen LogP) is 5.18. The number of anilines is 1. The number of nitrogens with zero attached hydrogens (tertiary/aromatic N) is 3. The highest BCUT2D eigenvalue weighted by atomic mass is 79.9. The van der Waals surface area contributed by atoms with Gasteiger partial charge in [-0.3, -0.25) is 0 Å². The van der Waals surface area contributed by atoms with Crippen LogP contribution in [0.3, 0.4) is 0 Å². The predicted molar refractivity (Wildman–Crippen MR) is 122 cm³/mol. The number of halogens is 1. The minimum atomic E-state index is -0.508. The van der Waals surface area contributed by atoms with Crippen LogP contribution in [0.15, 0.2) is 39.1 Å². The summed E-state index contributed by atoms with van der Waals surface area (Å²) < 4.78 is 13.8. The van der Waals surface area contributed by atoms with Gasteiger partial charge < -0.3 is 14.8 Å². The first-order valence-electron chi connectivity index (χ1n) is 10.1. The molecule has 1 aromatic heterocycles. The summed E-state index contributed by atoms with van der Waals surface area (Å²) in [5.74, 6) is 1.85. The minimum absolute atomic E-state index is 0.409. The Morgan fingerprint density at radius 2 is 2.13 bits per heavy atom. The second kappa shape index (κ2) is 10.3. The maximum absolute atomic E-state index is 12.8.